The molecule has 0 aromatic carbocycles. The lowest BCUT2D eigenvalue weighted by molar-refractivity contribution is -0.870. The van der Waals surface area contributed by atoms with Crippen LogP contribution in [0.1, 0.15) is 136 Å². The first kappa shape index (κ1) is 50.9. The second-order valence-electron chi connectivity index (χ2n) is 14.8. The van der Waals surface area contributed by atoms with Gasteiger partial charge in [-0.1, -0.05) is 151 Å². The zero-order valence-electron chi connectivity index (χ0n) is 34.0. The molecule has 0 saturated heterocycles. The lowest BCUT2D eigenvalue weighted by atomic mass is 10.0. The molecule has 0 saturated carbocycles. The van der Waals surface area contributed by atoms with E-state index in [9.17, 15) is 24.5 Å². The minimum atomic E-state index is -4.61. The van der Waals surface area contributed by atoms with Crippen LogP contribution in [0.5, 0.6) is 0 Å². The summed E-state index contributed by atoms with van der Waals surface area (Å²) in [5, 5.41) is 23.4. The Hall–Kier alpha value is -2.10. The molecular weight excluding hydrogens is 687 g/mol. The predicted molar refractivity (Wildman–Crippen MR) is 220 cm³/mol. The molecular formula is C43H77N2O7P. The topological polar surface area (TPSA) is 128 Å². The highest BCUT2D eigenvalue weighted by Gasteiger charge is 2.23. The standard InChI is InChI=1S/C43H77N2O7P/c1-6-8-10-11-12-13-14-15-19-22-25-28-31-35-42(47)41(39-52-53(49,50)51-38-37-45(3,4)5)44-43(48)36-32-29-26-23-20-17-16-18-21-24-27-30-34-40(46)33-9-7-2/h9,16-17,21,23-24,26-27,30-31,33,35,40-42,46-47H,6-8,10-15,18-20,22,25,28-29,32,34,36-39H2,1-5H3,(H-,44,48,49,50)/b17-16-,24-21-,26-23-,30-27+,33-9-,35-31+/t40?,41-,42+/m0/s1. The van der Waals surface area contributed by atoms with Crippen molar-refractivity contribution in [1.82, 2.24) is 5.32 Å². The van der Waals surface area contributed by atoms with E-state index in [1.165, 1.54) is 57.8 Å². The molecule has 0 spiro atoms. The van der Waals surface area contributed by atoms with Gasteiger partial charge in [-0.25, -0.2) is 0 Å². The van der Waals surface area contributed by atoms with Gasteiger partial charge in [0.2, 0.25) is 5.91 Å². The molecule has 53 heavy (non-hydrogen) atoms. The molecule has 0 fully saturated rings. The number of quaternary nitrogens is 1. The lowest BCUT2D eigenvalue weighted by Gasteiger charge is -2.29. The van der Waals surface area contributed by atoms with Crippen molar-refractivity contribution < 1.29 is 38.0 Å². The van der Waals surface area contributed by atoms with Gasteiger partial charge in [-0.15, -0.1) is 0 Å². The summed E-state index contributed by atoms with van der Waals surface area (Å²) in [6.07, 6.45) is 41.5. The number of amides is 1. The Morgan fingerprint density at radius 3 is 1.96 bits per heavy atom. The van der Waals surface area contributed by atoms with Crippen LogP contribution in [0.25, 0.3) is 0 Å². The smallest absolute Gasteiger partial charge is 0.268 e. The molecule has 0 aromatic rings. The first-order chi connectivity index (χ1) is 25.4. The summed E-state index contributed by atoms with van der Waals surface area (Å²) in [5.74, 6) is -0.274. The van der Waals surface area contributed by atoms with Gasteiger partial charge in [-0.2, -0.15) is 0 Å². The largest absolute Gasteiger partial charge is 0.756 e. The van der Waals surface area contributed by atoms with E-state index in [1.807, 2.05) is 70.6 Å². The number of aliphatic hydroxyl groups is 2. The molecule has 10 heteroatoms. The van der Waals surface area contributed by atoms with E-state index >= 15 is 0 Å². The van der Waals surface area contributed by atoms with Gasteiger partial charge in [0, 0.05) is 6.42 Å². The Morgan fingerprint density at radius 1 is 0.736 bits per heavy atom. The van der Waals surface area contributed by atoms with Crippen LogP contribution >= 0.6 is 7.82 Å². The molecule has 2 unspecified atom stereocenters. The fraction of sp³-hybridized carbons (Fsp3) is 0.698. The van der Waals surface area contributed by atoms with Crippen LogP contribution < -0.4 is 10.2 Å². The molecule has 4 atom stereocenters. The molecule has 0 aliphatic rings. The average molecular weight is 765 g/mol. The number of carbonyl (C=O) groups is 1. The summed E-state index contributed by atoms with van der Waals surface area (Å²) < 4.78 is 23.1. The number of likely N-dealkylation sites (N-methyl/N-ethyl adjacent to an activating group) is 1. The monoisotopic (exact) mass is 765 g/mol. The first-order valence-corrected chi connectivity index (χ1v) is 21.9. The maximum absolute atomic E-state index is 12.8. The van der Waals surface area contributed by atoms with E-state index in [2.05, 4.69) is 36.5 Å². The van der Waals surface area contributed by atoms with Crippen LogP contribution in [0.15, 0.2) is 72.9 Å². The van der Waals surface area contributed by atoms with Crippen molar-refractivity contribution in [2.45, 2.75) is 154 Å². The maximum atomic E-state index is 12.8. The van der Waals surface area contributed by atoms with Crippen LogP contribution in [0.2, 0.25) is 0 Å². The van der Waals surface area contributed by atoms with E-state index in [4.69, 9.17) is 9.05 Å². The Morgan fingerprint density at radius 2 is 1.32 bits per heavy atom. The zero-order chi connectivity index (χ0) is 39.5. The number of aliphatic hydroxyl groups excluding tert-OH is 2. The summed E-state index contributed by atoms with van der Waals surface area (Å²) >= 11 is 0. The van der Waals surface area contributed by atoms with Crippen LogP contribution in [0.4, 0.5) is 0 Å². The van der Waals surface area contributed by atoms with Crippen molar-refractivity contribution in [1.29, 1.82) is 0 Å². The van der Waals surface area contributed by atoms with Crippen molar-refractivity contribution in [3.63, 3.8) is 0 Å². The van der Waals surface area contributed by atoms with Gasteiger partial charge in [0.1, 0.15) is 13.2 Å². The summed E-state index contributed by atoms with van der Waals surface area (Å²) in [7, 11) is 1.18. The zero-order valence-corrected chi connectivity index (χ0v) is 34.9. The fourth-order valence-electron chi connectivity index (χ4n) is 5.21. The third-order valence-corrected chi connectivity index (χ3v) is 9.46. The molecule has 1 amide bonds. The van der Waals surface area contributed by atoms with Crippen LogP contribution in [-0.4, -0.2) is 79.8 Å². The van der Waals surface area contributed by atoms with Gasteiger partial charge in [-0.05, 0) is 51.4 Å². The lowest BCUT2D eigenvalue weighted by Crippen LogP contribution is -2.45. The Kier molecular flexibility index (Phi) is 33.0. The molecule has 0 heterocycles. The normalized spacial score (nSPS) is 15.8. The van der Waals surface area contributed by atoms with Crippen molar-refractivity contribution in [2.75, 3.05) is 40.9 Å². The Bertz CT molecular complexity index is 1110. The quantitative estimate of drug-likeness (QED) is 0.0193. The molecule has 0 aliphatic carbocycles. The highest BCUT2D eigenvalue weighted by Crippen LogP contribution is 2.38. The number of allylic oxidation sites excluding steroid dienone is 9. The van der Waals surface area contributed by atoms with Crippen LogP contribution in [0, 0.1) is 0 Å². The minimum Gasteiger partial charge on any atom is -0.756 e. The molecule has 0 radical (unpaired) electrons. The predicted octanol–water partition coefficient (Wildman–Crippen LogP) is 9.19. The average Bonchev–Trinajstić information content (AvgIpc) is 3.10. The van der Waals surface area contributed by atoms with Gasteiger partial charge < -0.3 is 34.0 Å². The van der Waals surface area contributed by atoms with E-state index in [-0.39, 0.29) is 18.9 Å². The van der Waals surface area contributed by atoms with Crippen molar-refractivity contribution in [3.05, 3.63) is 72.9 Å². The second-order valence-corrected chi connectivity index (χ2v) is 16.2. The third kappa shape index (κ3) is 36.6. The molecule has 3 N–H and O–H groups in total. The number of nitrogens with zero attached hydrogens (tertiary/aromatic N) is 1. The molecule has 0 rings (SSSR count). The number of phosphoric acid groups is 1. The summed E-state index contributed by atoms with van der Waals surface area (Å²) in [4.78, 5) is 25.2. The summed E-state index contributed by atoms with van der Waals surface area (Å²) in [6, 6.07) is -0.930. The van der Waals surface area contributed by atoms with E-state index in [0.717, 1.165) is 44.9 Å². The highest BCUT2D eigenvalue weighted by atomic mass is 31.2. The number of hydrogen-bond donors (Lipinski definition) is 3. The van der Waals surface area contributed by atoms with Gasteiger partial charge in [0.25, 0.3) is 7.82 Å². The number of carbonyl (C=O) groups excluding carboxylic acids is 1. The Labute approximate surface area is 324 Å². The second kappa shape index (κ2) is 34.4. The van der Waals surface area contributed by atoms with Gasteiger partial charge in [-0.3, -0.25) is 9.36 Å². The van der Waals surface area contributed by atoms with E-state index in [0.29, 0.717) is 23.9 Å². The molecule has 9 nitrogen and oxygen atoms in total. The van der Waals surface area contributed by atoms with E-state index < -0.39 is 32.7 Å². The molecule has 306 valence electrons. The van der Waals surface area contributed by atoms with Crippen molar-refractivity contribution in [3.8, 4) is 0 Å². The SMILES string of the molecule is CC/C=C\C(O)C/C=C/C=C\C/C=C\C/C=C\CCCC(=O)N[C@@H](COP(=O)([O-])OCC[N+](C)(C)C)[C@H](O)/C=C/CCCCCCCCCCCCC. The number of phosphoric ester groups is 1. The number of rotatable bonds is 35. The third-order valence-electron chi connectivity index (χ3n) is 8.50. The van der Waals surface area contributed by atoms with Crippen LogP contribution in [-0.2, 0) is 18.4 Å². The number of hydrogen-bond acceptors (Lipinski definition) is 7. The fourth-order valence-corrected chi connectivity index (χ4v) is 5.93. The molecule has 0 aromatic heterocycles. The molecule has 0 bridgehead atoms. The Balaban J connectivity index is 4.65. The van der Waals surface area contributed by atoms with Crippen molar-refractivity contribution in [2.24, 2.45) is 0 Å². The number of unbranched alkanes of at least 4 members (excludes halogenated alkanes) is 12. The van der Waals surface area contributed by atoms with Gasteiger partial charge >= 0.3 is 0 Å². The van der Waals surface area contributed by atoms with Gasteiger partial charge in [0.15, 0.2) is 0 Å². The summed E-state index contributed by atoms with van der Waals surface area (Å²) in [5.41, 5.74) is 0. The summed E-state index contributed by atoms with van der Waals surface area (Å²) in [6.45, 7) is 4.32. The van der Waals surface area contributed by atoms with Gasteiger partial charge in [0.05, 0.1) is 46.0 Å². The maximum Gasteiger partial charge on any atom is 0.268 e. The molecule has 0 aliphatic heterocycles. The first-order valence-electron chi connectivity index (χ1n) is 20.4. The van der Waals surface area contributed by atoms with Crippen LogP contribution in [0.3, 0.4) is 0 Å². The van der Waals surface area contributed by atoms with E-state index in [1.54, 1.807) is 6.08 Å². The number of nitrogens with one attached hydrogen (secondary N) is 1. The highest BCUT2D eigenvalue weighted by molar-refractivity contribution is 7.45. The minimum absolute atomic E-state index is 0.0231. The van der Waals surface area contributed by atoms with Crippen molar-refractivity contribution >= 4 is 13.7 Å².